The van der Waals surface area contributed by atoms with Crippen LogP contribution in [0.4, 0.5) is 5.69 Å². The van der Waals surface area contributed by atoms with Crippen LogP contribution in [0.2, 0.25) is 13.1 Å². The third kappa shape index (κ3) is 4.12. The van der Waals surface area contributed by atoms with Gasteiger partial charge in [0.2, 0.25) is 9.04 Å². The van der Waals surface area contributed by atoms with Crippen molar-refractivity contribution in [2.24, 2.45) is 0 Å². The molecule has 0 amide bonds. The number of nitrogens with two attached hydrogens (primary N) is 1. The summed E-state index contributed by atoms with van der Waals surface area (Å²) in [4.78, 5) is 0. The summed E-state index contributed by atoms with van der Waals surface area (Å²) in [5, 5.41) is 10.1. The summed E-state index contributed by atoms with van der Waals surface area (Å²) in [6, 6.07) is 5.88. The second-order valence-corrected chi connectivity index (χ2v) is 7.93. The topological polar surface area (TPSA) is 55.5 Å². The van der Waals surface area contributed by atoms with Crippen molar-refractivity contribution in [3.8, 4) is 0 Å². The maximum atomic E-state index is 10.1. The number of hydrogen-bond donors (Lipinski definition) is 2. The lowest BCUT2D eigenvalue weighted by atomic mass is 9.86. The molecular formula is C14H24NO2Si. The van der Waals surface area contributed by atoms with E-state index in [9.17, 15) is 5.11 Å². The molecule has 0 saturated heterocycles. The molecule has 0 saturated carbocycles. The minimum Gasteiger partial charge on any atom is -0.414 e. The van der Waals surface area contributed by atoms with Gasteiger partial charge in [0, 0.05) is 11.3 Å². The van der Waals surface area contributed by atoms with Gasteiger partial charge in [0.15, 0.2) is 0 Å². The van der Waals surface area contributed by atoms with Gasteiger partial charge < -0.3 is 15.3 Å². The number of hydrogen-bond acceptors (Lipinski definition) is 3. The van der Waals surface area contributed by atoms with Crippen LogP contribution >= 0.6 is 0 Å². The minimum absolute atomic E-state index is 0.0666. The molecule has 0 fully saturated rings. The van der Waals surface area contributed by atoms with Crippen molar-refractivity contribution in [1.29, 1.82) is 0 Å². The van der Waals surface area contributed by atoms with Gasteiger partial charge in [-0.2, -0.15) is 0 Å². The largest absolute Gasteiger partial charge is 0.414 e. The average Bonchev–Trinajstić information content (AvgIpc) is 2.24. The Morgan fingerprint density at radius 2 is 1.94 bits per heavy atom. The summed E-state index contributed by atoms with van der Waals surface area (Å²) < 4.78 is 5.51. The van der Waals surface area contributed by atoms with E-state index in [1.165, 1.54) is 5.56 Å². The van der Waals surface area contributed by atoms with Gasteiger partial charge in [-0.1, -0.05) is 32.9 Å². The zero-order valence-electron chi connectivity index (χ0n) is 11.9. The molecule has 3 N–H and O–H groups in total. The molecule has 0 aromatic heterocycles. The summed E-state index contributed by atoms with van der Waals surface area (Å²) in [7, 11) is -0.781. The van der Waals surface area contributed by atoms with Crippen LogP contribution in [0.5, 0.6) is 0 Å². The monoisotopic (exact) mass is 266 g/mol. The average molecular weight is 266 g/mol. The fourth-order valence-electron chi connectivity index (χ4n) is 1.68. The second kappa shape index (κ2) is 5.86. The lowest BCUT2D eigenvalue weighted by molar-refractivity contribution is 0.109. The van der Waals surface area contributed by atoms with E-state index < -0.39 is 15.1 Å². The molecule has 0 heterocycles. The fraction of sp³-hybridized carbons (Fsp3) is 0.571. The Morgan fingerprint density at radius 3 is 2.39 bits per heavy atom. The first-order valence-electron chi connectivity index (χ1n) is 6.22. The third-order valence-electron chi connectivity index (χ3n) is 2.84. The Bertz CT molecular complexity index is 399. The predicted molar refractivity (Wildman–Crippen MR) is 77.9 cm³/mol. The van der Waals surface area contributed by atoms with E-state index in [-0.39, 0.29) is 5.41 Å². The maximum Gasteiger partial charge on any atom is 0.205 e. The lowest BCUT2D eigenvalue weighted by Crippen LogP contribution is -2.17. The molecule has 3 nitrogen and oxygen atoms in total. The van der Waals surface area contributed by atoms with E-state index in [1.54, 1.807) is 0 Å². The number of aliphatic hydroxyl groups excluding tert-OH is 1. The van der Waals surface area contributed by atoms with Gasteiger partial charge in [-0.15, -0.1) is 0 Å². The molecule has 0 aliphatic carbocycles. The van der Waals surface area contributed by atoms with Crippen LogP contribution in [0.25, 0.3) is 0 Å². The van der Waals surface area contributed by atoms with Gasteiger partial charge in [0.1, 0.15) is 6.10 Å². The first-order chi connectivity index (χ1) is 8.21. The quantitative estimate of drug-likeness (QED) is 0.651. The summed E-state index contributed by atoms with van der Waals surface area (Å²) in [5.74, 6) is 0. The van der Waals surface area contributed by atoms with Crippen molar-refractivity contribution < 1.29 is 9.53 Å². The molecule has 1 unspecified atom stereocenters. The highest BCUT2D eigenvalue weighted by molar-refractivity contribution is 6.48. The Labute approximate surface area is 112 Å². The zero-order chi connectivity index (χ0) is 13.9. The normalized spacial score (nSPS) is 13.9. The fourth-order valence-corrected chi connectivity index (χ4v) is 2.17. The van der Waals surface area contributed by atoms with Gasteiger partial charge >= 0.3 is 0 Å². The molecule has 18 heavy (non-hydrogen) atoms. The van der Waals surface area contributed by atoms with Crippen LogP contribution in [0.15, 0.2) is 18.2 Å². The molecule has 0 spiro atoms. The Kier molecular flexibility index (Phi) is 4.96. The van der Waals surface area contributed by atoms with Crippen LogP contribution < -0.4 is 5.73 Å². The Morgan fingerprint density at radius 1 is 1.33 bits per heavy atom. The molecule has 1 radical (unpaired) electrons. The number of nitrogen functional groups attached to an aromatic ring is 1. The predicted octanol–water partition coefficient (Wildman–Crippen LogP) is 2.87. The zero-order valence-corrected chi connectivity index (χ0v) is 12.9. The van der Waals surface area contributed by atoms with Gasteiger partial charge in [-0.3, -0.25) is 0 Å². The van der Waals surface area contributed by atoms with Gasteiger partial charge in [0.05, 0.1) is 6.61 Å². The van der Waals surface area contributed by atoms with E-state index in [2.05, 4.69) is 20.8 Å². The van der Waals surface area contributed by atoms with E-state index in [4.69, 9.17) is 10.2 Å². The summed E-state index contributed by atoms with van der Waals surface area (Å²) in [6.07, 6.45) is -0.640. The molecule has 1 atom stereocenters. The lowest BCUT2D eigenvalue weighted by Gasteiger charge is -2.22. The van der Waals surface area contributed by atoms with E-state index in [1.807, 2.05) is 31.3 Å². The molecule has 1 aromatic rings. The first kappa shape index (κ1) is 15.2. The molecule has 101 valence electrons. The minimum atomic E-state index is -0.781. The highest BCUT2D eigenvalue weighted by Crippen LogP contribution is 2.28. The van der Waals surface area contributed by atoms with Gasteiger partial charge in [-0.05, 0) is 30.1 Å². The Hall–Kier alpha value is -0.843. The van der Waals surface area contributed by atoms with Gasteiger partial charge in [-0.25, -0.2) is 0 Å². The molecule has 1 aromatic carbocycles. The van der Waals surface area contributed by atoms with E-state index in [0.717, 1.165) is 5.56 Å². The number of rotatable bonds is 4. The molecule has 0 bridgehead atoms. The summed E-state index contributed by atoms with van der Waals surface area (Å²) >= 11 is 0. The van der Waals surface area contributed by atoms with Crippen molar-refractivity contribution in [1.82, 2.24) is 0 Å². The van der Waals surface area contributed by atoms with Crippen molar-refractivity contribution in [3.63, 3.8) is 0 Å². The van der Waals surface area contributed by atoms with Crippen molar-refractivity contribution in [2.45, 2.75) is 45.4 Å². The second-order valence-electron chi connectivity index (χ2n) is 5.83. The van der Waals surface area contributed by atoms with Crippen LogP contribution in [0, 0.1) is 0 Å². The molecular weight excluding hydrogens is 242 g/mol. The molecule has 4 heteroatoms. The summed E-state index contributed by atoms with van der Waals surface area (Å²) in [5.41, 5.74) is 8.65. The van der Waals surface area contributed by atoms with Crippen molar-refractivity contribution >= 4 is 14.7 Å². The number of benzene rings is 1. The third-order valence-corrected chi connectivity index (χ3v) is 3.59. The highest BCUT2D eigenvalue weighted by atomic mass is 28.3. The molecule has 0 aliphatic heterocycles. The van der Waals surface area contributed by atoms with Crippen LogP contribution in [-0.4, -0.2) is 20.8 Å². The molecule has 1 rings (SSSR count). The summed E-state index contributed by atoms with van der Waals surface area (Å²) in [6.45, 7) is 10.8. The smallest absolute Gasteiger partial charge is 0.205 e. The standard InChI is InChI=1S/C14H24NO2Si/c1-14(2,3)10-6-7-11(12(15)8-10)13(16)9-17-18(4)5/h6-8,13,16H,9,15H2,1-5H3. The van der Waals surface area contributed by atoms with Crippen LogP contribution in [0.1, 0.15) is 38.0 Å². The van der Waals surface area contributed by atoms with Crippen molar-refractivity contribution in [2.75, 3.05) is 12.3 Å². The highest BCUT2D eigenvalue weighted by Gasteiger charge is 2.17. The molecule has 0 aliphatic rings. The number of aliphatic hydroxyl groups is 1. The Balaban J connectivity index is 2.85. The SMILES string of the molecule is C[Si](C)OCC(O)c1ccc(C(C)(C)C)cc1N. The first-order valence-corrected chi connectivity index (χ1v) is 8.63. The number of anilines is 1. The van der Waals surface area contributed by atoms with E-state index in [0.29, 0.717) is 12.3 Å². The van der Waals surface area contributed by atoms with Crippen molar-refractivity contribution in [3.05, 3.63) is 29.3 Å². The maximum absolute atomic E-state index is 10.1. The van der Waals surface area contributed by atoms with Gasteiger partial charge in [0.25, 0.3) is 0 Å². The van der Waals surface area contributed by atoms with E-state index >= 15 is 0 Å². The van der Waals surface area contributed by atoms with Crippen LogP contribution in [0.3, 0.4) is 0 Å². The van der Waals surface area contributed by atoms with Crippen LogP contribution in [-0.2, 0) is 9.84 Å².